The van der Waals surface area contributed by atoms with E-state index in [1.807, 2.05) is 25.1 Å². The lowest BCUT2D eigenvalue weighted by molar-refractivity contribution is 0.229. The van der Waals surface area contributed by atoms with Gasteiger partial charge in [-0.1, -0.05) is 41.5 Å². The number of para-hydroxylation sites is 1. The summed E-state index contributed by atoms with van der Waals surface area (Å²) in [7, 11) is 0. The Morgan fingerprint density at radius 2 is 1.79 bits per heavy atom. The first-order valence-corrected chi connectivity index (χ1v) is 12.7. The van der Waals surface area contributed by atoms with Gasteiger partial charge >= 0.3 is 0 Å². The van der Waals surface area contributed by atoms with Gasteiger partial charge in [0, 0.05) is 19.2 Å². The van der Waals surface area contributed by atoms with Crippen LogP contribution in [-0.4, -0.2) is 32.7 Å². The molecule has 4 aromatic rings. The Morgan fingerprint density at radius 1 is 1.00 bits per heavy atom. The van der Waals surface area contributed by atoms with Crippen molar-refractivity contribution in [1.82, 2.24) is 15.0 Å². The lowest BCUT2D eigenvalue weighted by Crippen LogP contribution is -2.19. The van der Waals surface area contributed by atoms with Gasteiger partial charge in [0.05, 0.1) is 21.5 Å². The van der Waals surface area contributed by atoms with E-state index in [9.17, 15) is 5.11 Å². The maximum absolute atomic E-state index is 9.60. The van der Waals surface area contributed by atoms with Gasteiger partial charge in [0.15, 0.2) is 0 Å². The Balaban J connectivity index is 1.48. The van der Waals surface area contributed by atoms with Crippen LogP contribution in [0, 0.1) is 26.7 Å². The fourth-order valence-electron chi connectivity index (χ4n) is 4.91. The van der Waals surface area contributed by atoms with Gasteiger partial charge < -0.3 is 15.7 Å². The van der Waals surface area contributed by atoms with Crippen molar-refractivity contribution in [2.45, 2.75) is 52.6 Å². The van der Waals surface area contributed by atoms with Crippen molar-refractivity contribution in [3.63, 3.8) is 0 Å². The molecule has 1 fully saturated rings. The molecule has 3 N–H and O–H groups in total. The highest BCUT2D eigenvalue weighted by Gasteiger charge is 2.26. The molecule has 7 heteroatoms. The maximum atomic E-state index is 9.60. The molecule has 0 saturated heterocycles. The first-order valence-electron chi connectivity index (χ1n) is 11.9. The van der Waals surface area contributed by atoms with Crippen LogP contribution in [0.15, 0.2) is 42.5 Å². The zero-order valence-electron chi connectivity index (χ0n) is 19.9. The van der Waals surface area contributed by atoms with Crippen LogP contribution in [0.4, 0.5) is 11.8 Å². The number of rotatable bonds is 7. The maximum Gasteiger partial charge on any atom is 0.225 e. The molecule has 0 amide bonds. The summed E-state index contributed by atoms with van der Waals surface area (Å²) in [6.45, 7) is 7.17. The molecule has 1 aliphatic carbocycles. The lowest BCUT2D eigenvalue weighted by atomic mass is 10.1. The Hall–Kier alpha value is -3.03. The summed E-state index contributed by atoms with van der Waals surface area (Å²) in [5, 5.41) is 17.6. The summed E-state index contributed by atoms with van der Waals surface area (Å²) in [5.74, 6) is 1.78. The summed E-state index contributed by atoms with van der Waals surface area (Å²) >= 11 is 1.67. The van der Waals surface area contributed by atoms with Gasteiger partial charge in [0.1, 0.15) is 10.8 Å². The van der Waals surface area contributed by atoms with Gasteiger partial charge in [0.25, 0.3) is 0 Å². The molecule has 176 valence electrons. The smallest absolute Gasteiger partial charge is 0.225 e. The van der Waals surface area contributed by atoms with E-state index in [-0.39, 0.29) is 12.6 Å². The first kappa shape index (κ1) is 22.7. The molecule has 1 aliphatic rings. The van der Waals surface area contributed by atoms with E-state index in [0.717, 1.165) is 51.6 Å². The number of hydrogen-bond acceptors (Lipinski definition) is 7. The Kier molecular flexibility index (Phi) is 6.48. The SMILES string of the molecule is Cc1cc(C)cc(CNc2nc(C)c(-c3nc4ccccc4s3)c(N[C@H]3CC[C@@H](CO)C3)n2)c1. The topological polar surface area (TPSA) is 83.0 Å². The molecule has 0 radical (unpaired) electrons. The number of anilines is 2. The fraction of sp³-hybridized carbons (Fsp3) is 0.370. The largest absolute Gasteiger partial charge is 0.396 e. The van der Waals surface area contributed by atoms with Crippen LogP contribution in [0.5, 0.6) is 0 Å². The van der Waals surface area contributed by atoms with Crippen LogP contribution < -0.4 is 10.6 Å². The zero-order valence-corrected chi connectivity index (χ0v) is 20.7. The number of thiazole rings is 1. The molecule has 2 atom stereocenters. The van der Waals surface area contributed by atoms with Crippen molar-refractivity contribution in [1.29, 1.82) is 0 Å². The quantitative estimate of drug-likeness (QED) is 0.312. The Morgan fingerprint density at radius 3 is 2.53 bits per heavy atom. The number of nitrogens with one attached hydrogen (secondary N) is 2. The third-order valence-corrected chi connectivity index (χ3v) is 7.52. The highest BCUT2D eigenvalue weighted by atomic mass is 32.1. The molecular formula is C27H31N5OS. The van der Waals surface area contributed by atoms with Gasteiger partial charge in [-0.3, -0.25) is 0 Å². The second kappa shape index (κ2) is 9.68. The highest BCUT2D eigenvalue weighted by Crippen LogP contribution is 2.37. The first-order chi connectivity index (χ1) is 16.5. The number of nitrogens with zero attached hydrogens (tertiary/aromatic N) is 3. The minimum absolute atomic E-state index is 0.244. The van der Waals surface area contributed by atoms with E-state index in [1.165, 1.54) is 16.7 Å². The molecule has 0 spiro atoms. The summed E-state index contributed by atoms with van der Waals surface area (Å²) in [6, 6.07) is 15.0. The lowest BCUT2D eigenvalue weighted by Gasteiger charge is -2.18. The number of hydrogen-bond donors (Lipinski definition) is 3. The molecule has 34 heavy (non-hydrogen) atoms. The number of aryl methyl sites for hydroxylation is 3. The van der Waals surface area contributed by atoms with Crippen molar-refractivity contribution < 1.29 is 5.11 Å². The van der Waals surface area contributed by atoms with Crippen LogP contribution in [0.1, 0.15) is 41.6 Å². The van der Waals surface area contributed by atoms with Gasteiger partial charge in [-0.15, -0.1) is 11.3 Å². The van der Waals surface area contributed by atoms with Crippen LogP contribution >= 0.6 is 11.3 Å². The minimum Gasteiger partial charge on any atom is -0.396 e. The van der Waals surface area contributed by atoms with E-state index in [2.05, 4.69) is 48.7 Å². The zero-order chi connectivity index (χ0) is 23.7. The van der Waals surface area contributed by atoms with Crippen LogP contribution in [0.2, 0.25) is 0 Å². The van der Waals surface area contributed by atoms with E-state index in [4.69, 9.17) is 15.0 Å². The third kappa shape index (κ3) is 4.91. The van der Waals surface area contributed by atoms with Gasteiger partial charge in [0.2, 0.25) is 5.95 Å². The van der Waals surface area contributed by atoms with Gasteiger partial charge in [-0.25, -0.2) is 9.97 Å². The molecular weight excluding hydrogens is 442 g/mol. The molecule has 5 rings (SSSR count). The molecule has 0 unspecified atom stereocenters. The van der Waals surface area contributed by atoms with Gasteiger partial charge in [-0.05, 0) is 63.6 Å². The van der Waals surface area contributed by atoms with E-state index >= 15 is 0 Å². The molecule has 2 heterocycles. The van der Waals surface area contributed by atoms with Gasteiger partial charge in [-0.2, -0.15) is 4.98 Å². The fourth-order valence-corrected chi connectivity index (χ4v) is 5.97. The van der Waals surface area contributed by atoms with Crippen LogP contribution in [0.3, 0.4) is 0 Å². The van der Waals surface area contributed by atoms with E-state index in [1.54, 1.807) is 11.3 Å². The van der Waals surface area contributed by atoms with Crippen LogP contribution in [-0.2, 0) is 6.54 Å². The second-order valence-electron chi connectivity index (χ2n) is 9.40. The minimum atomic E-state index is 0.244. The molecule has 0 aliphatic heterocycles. The van der Waals surface area contributed by atoms with Crippen molar-refractivity contribution in [3.05, 3.63) is 64.8 Å². The standard InChI is InChI=1S/C27H31N5OS/c1-16-10-17(2)12-20(11-16)14-28-27-29-18(3)24(26-31-22-6-4-5-7-23(22)34-26)25(32-27)30-21-9-8-19(13-21)15-33/h4-7,10-12,19,21,33H,8-9,13-15H2,1-3H3,(H2,28,29,30,32)/t19-,21+/m1/s1. The van der Waals surface area contributed by atoms with E-state index in [0.29, 0.717) is 18.4 Å². The van der Waals surface area contributed by atoms with Crippen molar-refractivity contribution in [2.75, 3.05) is 17.2 Å². The average molecular weight is 474 g/mol. The summed E-state index contributed by atoms with van der Waals surface area (Å²) in [4.78, 5) is 14.6. The number of aliphatic hydroxyl groups is 1. The van der Waals surface area contributed by atoms with E-state index < -0.39 is 0 Å². The molecule has 6 nitrogen and oxygen atoms in total. The second-order valence-corrected chi connectivity index (χ2v) is 10.4. The number of fused-ring (bicyclic) bond motifs is 1. The average Bonchev–Trinajstić information content (AvgIpc) is 3.43. The molecule has 1 saturated carbocycles. The number of aromatic nitrogens is 3. The predicted octanol–water partition coefficient (Wildman–Crippen LogP) is 5.86. The molecule has 2 aromatic heterocycles. The van der Waals surface area contributed by atoms with Crippen molar-refractivity contribution >= 4 is 33.3 Å². The third-order valence-electron chi connectivity index (χ3n) is 6.47. The molecule has 2 aromatic carbocycles. The number of benzene rings is 2. The van der Waals surface area contributed by atoms with Crippen molar-refractivity contribution in [3.8, 4) is 10.6 Å². The summed E-state index contributed by atoms with van der Waals surface area (Å²) in [6.07, 6.45) is 3.01. The monoisotopic (exact) mass is 473 g/mol. The normalized spacial score (nSPS) is 17.9. The number of aliphatic hydroxyl groups excluding tert-OH is 1. The summed E-state index contributed by atoms with van der Waals surface area (Å²) in [5.41, 5.74) is 6.57. The van der Waals surface area contributed by atoms with Crippen LogP contribution in [0.25, 0.3) is 20.8 Å². The summed E-state index contributed by atoms with van der Waals surface area (Å²) < 4.78 is 1.15. The molecule has 0 bridgehead atoms. The Bertz CT molecular complexity index is 1260. The predicted molar refractivity (Wildman–Crippen MR) is 140 cm³/mol. The van der Waals surface area contributed by atoms with Crippen molar-refractivity contribution in [2.24, 2.45) is 5.92 Å². The Labute approximate surface area is 204 Å². The highest BCUT2D eigenvalue weighted by molar-refractivity contribution is 7.21.